The van der Waals surface area contributed by atoms with Gasteiger partial charge in [0, 0.05) is 6.42 Å². The fourth-order valence-corrected chi connectivity index (χ4v) is 1.43. The van der Waals surface area contributed by atoms with Crippen molar-refractivity contribution in [1.29, 1.82) is 0 Å². The third-order valence-electron chi connectivity index (χ3n) is 2.21. The fourth-order valence-electron chi connectivity index (χ4n) is 1.43. The van der Waals surface area contributed by atoms with Crippen molar-refractivity contribution >= 4 is 10.9 Å². The van der Waals surface area contributed by atoms with Gasteiger partial charge < -0.3 is 4.42 Å². The molecule has 0 radical (unpaired) electrons. The van der Waals surface area contributed by atoms with E-state index in [1.165, 1.54) is 0 Å². The summed E-state index contributed by atoms with van der Waals surface area (Å²) in [5.74, 6) is 0.497. The average Bonchev–Trinajstić information content (AvgIpc) is 2.19. The zero-order valence-electron chi connectivity index (χ0n) is 8.20. The number of nitrogens with zero attached hydrogens (tertiary/aromatic N) is 1. The first-order chi connectivity index (χ1) is 6.72. The first kappa shape index (κ1) is 8.94. The van der Waals surface area contributed by atoms with Crippen molar-refractivity contribution in [3.8, 4) is 0 Å². The van der Waals surface area contributed by atoms with Crippen molar-refractivity contribution < 1.29 is 4.42 Å². The lowest BCUT2D eigenvalue weighted by molar-refractivity contribution is 0.450. The third-order valence-corrected chi connectivity index (χ3v) is 2.21. The molecule has 0 aliphatic carbocycles. The molecule has 0 atom stereocenters. The highest BCUT2D eigenvalue weighted by Gasteiger charge is 2.05. The van der Waals surface area contributed by atoms with Crippen molar-refractivity contribution in [3.05, 3.63) is 40.1 Å². The molecule has 0 unspecified atom stereocenters. The summed E-state index contributed by atoms with van der Waals surface area (Å²) in [5.41, 5.74) is 1.46. The molecule has 0 bridgehead atoms. The van der Waals surface area contributed by atoms with Gasteiger partial charge >= 0.3 is 5.63 Å². The molecule has 0 amide bonds. The minimum atomic E-state index is -0.296. The van der Waals surface area contributed by atoms with Crippen LogP contribution in [0.25, 0.3) is 10.9 Å². The van der Waals surface area contributed by atoms with Crippen LogP contribution in [0.15, 0.2) is 27.4 Å². The fraction of sp³-hybridized carbons (Fsp3) is 0.273. The van der Waals surface area contributed by atoms with Gasteiger partial charge in [0.1, 0.15) is 0 Å². The maximum atomic E-state index is 11.5. The largest absolute Gasteiger partial charge is 0.408 e. The van der Waals surface area contributed by atoms with Crippen molar-refractivity contribution in [2.75, 3.05) is 0 Å². The number of benzene rings is 1. The van der Waals surface area contributed by atoms with Gasteiger partial charge in [-0.2, -0.15) is 0 Å². The zero-order valence-corrected chi connectivity index (χ0v) is 8.20. The first-order valence-corrected chi connectivity index (χ1v) is 4.61. The van der Waals surface area contributed by atoms with Crippen LogP contribution in [0.3, 0.4) is 0 Å². The van der Waals surface area contributed by atoms with Gasteiger partial charge in [0.2, 0.25) is 0 Å². The van der Waals surface area contributed by atoms with E-state index in [4.69, 9.17) is 4.42 Å². The summed E-state index contributed by atoms with van der Waals surface area (Å²) in [4.78, 5) is 15.8. The molecule has 2 aromatic rings. The summed E-state index contributed by atoms with van der Waals surface area (Å²) in [5, 5.41) is 0.558. The van der Waals surface area contributed by atoms with Gasteiger partial charge in [-0.3, -0.25) is 0 Å². The van der Waals surface area contributed by atoms with E-state index in [9.17, 15) is 4.79 Å². The van der Waals surface area contributed by atoms with Crippen molar-refractivity contribution in [3.63, 3.8) is 0 Å². The molecule has 0 spiro atoms. The molecule has 0 saturated heterocycles. The molecular formula is C11H11NO2. The zero-order chi connectivity index (χ0) is 10.1. The maximum absolute atomic E-state index is 11.5. The Morgan fingerprint density at radius 3 is 2.93 bits per heavy atom. The topological polar surface area (TPSA) is 43.1 Å². The second-order valence-corrected chi connectivity index (χ2v) is 3.22. The Bertz CT molecular complexity index is 528. The summed E-state index contributed by atoms with van der Waals surface area (Å²) >= 11 is 0. The molecule has 1 aromatic heterocycles. The molecule has 0 aliphatic rings. The minimum Gasteiger partial charge on any atom is -0.408 e. The average molecular weight is 189 g/mol. The number of aromatic nitrogens is 1. The van der Waals surface area contributed by atoms with Crippen LogP contribution in [0.1, 0.15) is 18.4 Å². The lowest BCUT2D eigenvalue weighted by Gasteiger charge is -2.00. The molecule has 0 N–H and O–H groups in total. The van der Waals surface area contributed by atoms with Crippen LogP contribution in [0.4, 0.5) is 0 Å². The normalized spacial score (nSPS) is 10.7. The smallest absolute Gasteiger partial charge is 0.346 e. The Morgan fingerprint density at radius 1 is 1.43 bits per heavy atom. The lowest BCUT2D eigenvalue weighted by Crippen LogP contribution is -2.05. The third kappa shape index (κ3) is 1.31. The Kier molecular flexibility index (Phi) is 2.08. The van der Waals surface area contributed by atoms with Crippen LogP contribution in [0.5, 0.6) is 0 Å². The van der Waals surface area contributed by atoms with Gasteiger partial charge in [0.05, 0.1) is 10.9 Å². The van der Waals surface area contributed by atoms with E-state index < -0.39 is 0 Å². The Hall–Kier alpha value is -1.64. The molecule has 0 saturated carbocycles. The molecule has 3 heteroatoms. The summed E-state index contributed by atoms with van der Waals surface area (Å²) in [6.07, 6.45) is 0.638. The number of fused-ring (bicyclic) bond motifs is 1. The van der Waals surface area contributed by atoms with E-state index in [-0.39, 0.29) is 5.63 Å². The molecule has 0 aliphatic heterocycles. The van der Waals surface area contributed by atoms with Crippen LogP contribution < -0.4 is 5.63 Å². The molecule has 1 aromatic carbocycles. The Morgan fingerprint density at radius 2 is 2.21 bits per heavy atom. The predicted molar refractivity (Wildman–Crippen MR) is 54.4 cm³/mol. The van der Waals surface area contributed by atoms with E-state index in [0.29, 0.717) is 17.7 Å². The second-order valence-electron chi connectivity index (χ2n) is 3.22. The molecule has 72 valence electrons. The highest BCUT2D eigenvalue weighted by molar-refractivity contribution is 5.80. The molecule has 14 heavy (non-hydrogen) atoms. The standard InChI is InChI=1S/C11H11NO2/c1-3-9-12-10-7(2)5-4-6-8(10)11(13)14-9/h4-6H,3H2,1-2H3. The van der Waals surface area contributed by atoms with Crippen LogP contribution in [-0.2, 0) is 6.42 Å². The summed E-state index contributed by atoms with van der Waals surface area (Å²) < 4.78 is 5.03. The summed E-state index contributed by atoms with van der Waals surface area (Å²) in [6, 6.07) is 5.51. The Balaban J connectivity index is 2.91. The van der Waals surface area contributed by atoms with E-state index in [1.807, 2.05) is 26.0 Å². The van der Waals surface area contributed by atoms with Crippen molar-refractivity contribution in [2.24, 2.45) is 0 Å². The molecule has 1 heterocycles. The van der Waals surface area contributed by atoms with E-state index in [0.717, 1.165) is 11.1 Å². The van der Waals surface area contributed by atoms with E-state index in [2.05, 4.69) is 4.98 Å². The van der Waals surface area contributed by atoms with Gasteiger partial charge in [-0.05, 0) is 18.6 Å². The van der Waals surface area contributed by atoms with Gasteiger partial charge in [0.15, 0.2) is 5.89 Å². The number of hydrogen-bond donors (Lipinski definition) is 0. The molecule has 3 nitrogen and oxygen atoms in total. The van der Waals surface area contributed by atoms with Crippen LogP contribution >= 0.6 is 0 Å². The molecule has 2 rings (SSSR count). The van der Waals surface area contributed by atoms with Gasteiger partial charge in [-0.1, -0.05) is 19.1 Å². The second kappa shape index (κ2) is 3.25. The predicted octanol–water partition coefficient (Wildman–Crippen LogP) is 2.06. The van der Waals surface area contributed by atoms with E-state index >= 15 is 0 Å². The number of rotatable bonds is 1. The summed E-state index contributed by atoms with van der Waals surface area (Å²) in [7, 11) is 0. The highest BCUT2D eigenvalue weighted by atomic mass is 16.4. The Labute approximate surface area is 81.4 Å². The molecule has 0 fully saturated rings. The van der Waals surface area contributed by atoms with Gasteiger partial charge in [0.25, 0.3) is 0 Å². The van der Waals surface area contributed by atoms with Gasteiger partial charge in [-0.25, -0.2) is 9.78 Å². The monoisotopic (exact) mass is 189 g/mol. The van der Waals surface area contributed by atoms with Crippen LogP contribution in [-0.4, -0.2) is 4.98 Å². The quantitative estimate of drug-likeness (QED) is 0.689. The lowest BCUT2D eigenvalue weighted by atomic mass is 10.1. The minimum absolute atomic E-state index is 0.296. The number of hydrogen-bond acceptors (Lipinski definition) is 3. The van der Waals surface area contributed by atoms with Crippen molar-refractivity contribution in [1.82, 2.24) is 4.98 Å². The molecular weight excluding hydrogens is 178 g/mol. The first-order valence-electron chi connectivity index (χ1n) is 4.61. The van der Waals surface area contributed by atoms with Crippen molar-refractivity contribution in [2.45, 2.75) is 20.3 Å². The summed E-state index contributed by atoms with van der Waals surface area (Å²) in [6.45, 7) is 3.85. The van der Waals surface area contributed by atoms with Gasteiger partial charge in [-0.15, -0.1) is 0 Å². The van der Waals surface area contributed by atoms with Crippen LogP contribution in [0.2, 0.25) is 0 Å². The van der Waals surface area contributed by atoms with Crippen LogP contribution in [0, 0.1) is 6.92 Å². The SMILES string of the molecule is CCc1nc2c(C)cccc2c(=O)o1. The number of para-hydroxylation sites is 1. The highest BCUT2D eigenvalue weighted by Crippen LogP contribution is 2.12. The maximum Gasteiger partial charge on any atom is 0.346 e. The number of aryl methyl sites for hydroxylation is 2. The van der Waals surface area contributed by atoms with E-state index in [1.54, 1.807) is 6.07 Å².